The number of carbonyl (C=O) groups excluding carboxylic acids is 1. The summed E-state index contributed by atoms with van der Waals surface area (Å²) in [6, 6.07) is 15.1. The Kier molecular flexibility index (Phi) is 4.78. The molecule has 1 N–H and O–H groups in total. The molecule has 22 heavy (non-hydrogen) atoms. The van der Waals surface area contributed by atoms with Crippen LogP contribution in [0, 0.1) is 0 Å². The standard InChI is InChI=1S/C17H17NO3S/c1-13(2)17(19)18-15-10-8-14(9-11-15)12-22(20,21)16-6-4-3-5-7-16/h3-11H,1,12H2,2H3,(H,18,19). The molecule has 0 heterocycles. The van der Waals surface area contributed by atoms with Crippen molar-refractivity contribution in [3.05, 3.63) is 72.3 Å². The molecule has 0 atom stereocenters. The second-order valence-electron chi connectivity index (χ2n) is 5.00. The van der Waals surface area contributed by atoms with Crippen LogP contribution in [0.3, 0.4) is 0 Å². The second-order valence-corrected chi connectivity index (χ2v) is 6.99. The van der Waals surface area contributed by atoms with Crippen molar-refractivity contribution in [1.82, 2.24) is 0 Å². The van der Waals surface area contributed by atoms with Crippen LogP contribution < -0.4 is 5.32 Å². The van der Waals surface area contributed by atoms with Gasteiger partial charge in [0.15, 0.2) is 9.84 Å². The Morgan fingerprint density at radius 2 is 1.64 bits per heavy atom. The van der Waals surface area contributed by atoms with Gasteiger partial charge < -0.3 is 5.32 Å². The summed E-state index contributed by atoms with van der Waals surface area (Å²) in [6.07, 6.45) is 0. The summed E-state index contributed by atoms with van der Waals surface area (Å²) in [5.41, 5.74) is 1.68. The summed E-state index contributed by atoms with van der Waals surface area (Å²) in [6.45, 7) is 5.18. The Morgan fingerprint density at radius 1 is 1.05 bits per heavy atom. The van der Waals surface area contributed by atoms with Crippen molar-refractivity contribution >= 4 is 21.4 Å². The molecule has 2 aromatic rings. The first-order chi connectivity index (χ1) is 10.4. The van der Waals surface area contributed by atoms with Gasteiger partial charge in [0.25, 0.3) is 5.91 Å². The smallest absolute Gasteiger partial charge is 0.250 e. The maximum atomic E-state index is 12.3. The molecule has 2 rings (SSSR count). The first-order valence-corrected chi connectivity index (χ1v) is 8.37. The van der Waals surface area contributed by atoms with Crippen LogP contribution in [0.25, 0.3) is 0 Å². The number of benzene rings is 2. The van der Waals surface area contributed by atoms with Crippen LogP contribution >= 0.6 is 0 Å². The molecule has 0 bridgehead atoms. The molecule has 0 saturated carbocycles. The molecule has 5 heteroatoms. The molecule has 0 aliphatic heterocycles. The van der Waals surface area contributed by atoms with Crippen molar-refractivity contribution in [3.8, 4) is 0 Å². The van der Waals surface area contributed by atoms with Crippen LogP contribution in [0.2, 0.25) is 0 Å². The first-order valence-electron chi connectivity index (χ1n) is 6.72. The van der Waals surface area contributed by atoms with E-state index in [0.29, 0.717) is 21.7 Å². The summed E-state index contributed by atoms with van der Waals surface area (Å²) in [7, 11) is -3.36. The molecule has 114 valence electrons. The van der Waals surface area contributed by atoms with Gasteiger partial charge in [-0.3, -0.25) is 4.79 Å². The van der Waals surface area contributed by atoms with E-state index in [9.17, 15) is 13.2 Å². The maximum absolute atomic E-state index is 12.3. The number of amides is 1. The van der Waals surface area contributed by atoms with Gasteiger partial charge >= 0.3 is 0 Å². The highest BCUT2D eigenvalue weighted by atomic mass is 32.2. The van der Waals surface area contributed by atoms with Crippen molar-refractivity contribution in [2.75, 3.05) is 5.32 Å². The predicted octanol–water partition coefficient (Wildman–Crippen LogP) is 3.18. The van der Waals surface area contributed by atoms with Gasteiger partial charge in [0.1, 0.15) is 0 Å². The minimum Gasteiger partial charge on any atom is -0.322 e. The lowest BCUT2D eigenvalue weighted by Crippen LogP contribution is -2.11. The molecule has 2 aromatic carbocycles. The third-order valence-corrected chi connectivity index (χ3v) is 4.76. The van der Waals surface area contributed by atoms with Crippen molar-refractivity contribution in [3.63, 3.8) is 0 Å². The van der Waals surface area contributed by atoms with Crippen LogP contribution in [0.1, 0.15) is 12.5 Å². The summed E-state index contributed by atoms with van der Waals surface area (Å²) in [5, 5.41) is 2.68. The van der Waals surface area contributed by atoms with Crippen molar-refractivity contribution in [2.24, 2.45) is 0 Å². The Morgan fingerprint density at radius 3 is 2.18 bits per heavy atom. The molecular weight excluding hydrogens is 298 g/mol. The van der Waals surface area contributed by atoms with Crippen LogP contribution in [0.5, 0.6) is 0 Å². The van der Waals surface area contributed by atoms with E-state index in [1.807, 2.05) is 0 Å². The fourth-order valence-corrected chi connectivity index (χ4v) is 3.22. The van der Waals surface area contributed by atoms with Crippen molar-refractivity contribution in [2.45, 2.75) is 17.6 Å². The van der Waals surface area contributed by atoms with E-state index in [-0.39, 0.29) is 11.7 Å². The number of anilines is 1. The minimum absolute atomic E-state index is 0.0777. The molecule has 4 nitrogen and oxygen atoms in total. The third-order valence-electron chi connectivity index (χ3n) is 3.06. The van der Waals surface area contributed by atoms with E-state index in [0.717, 1.165) is 0 Å². The van der Waals surface area contributed by atoms with Crippen LogP contribution in [0.15, 0.2) is 71.6 Å². The molecule has 1 amide bonds. The number of rotatable bonds is 5. The number of hydrogen-bond donors (Lipinski definition) is 1. The van der Waals surface area contributed by atoms with Crippen LogP contribution in [0.4, 0.5) is 5.69 Å². The topological polar surface area (TPSA) is 63.2 Å². The van der Waals surface area contributed by atoms with Crippen molar-refractivity contribution < 1.29 is 13.2 Å². The lowest BCUT2D eigenvalue weighted by molar-refractivity contribution is -0.112. The van der Waals surface area contributed by atoms with Crippen LogP contribution in [-0.2, 0) is 20.4 Å². The zero-order valence-electron chi connectivity index (χ0n) is 12.2. The second kappa shape index (κ2) is 6.58. The van der Waals surface area contributed by atoms with E-state index < -0.39 is 9.84 Å². The number of hydrogen-bond acceptors (Lipinski definition) is 3. The molecule has 0 radical (unpaired) electrons. The zero-order chi connectivity index (χ0) is 16.2. The highest BCUT2D eigenvalue weighted by molar-refractivity contribution is 7.90. The first kappa shape index (κ1) is 16.0. The van der Waals surface area contributed by atoms with Gasteiger partial charge in [0, 0.05) is 11.3 Å². The minimum atomic E-state index is -3.36. The fraction of sp³-hybridized carbons (Fsp3) is 0.118. The molecule has 0 unspecified atom stereocenters. The van der Waals surface area contributed by atoms with Gasteiger partial charge in [-0.25, -0.2) is 8.42 Å². The van der Waals surface area contributed by atoms with E-state index in [4.69, 9.17) is 0 Å². The van der Waals surface area contributed by atoms with E-state index in [1.54, 1.807) is 61.5 Å². The summed E-state index contributed by atoms with van der Waals surface area (Å²) in [4.78, 5) is 11.8. The third kappa shape index (κ3) is 4.05. The molecule has 0 fully saturated rings. The molecular formula is C17H17NO3S. The molecule has 0 aliphatic carbocycles. The number of nitrogens with one attached hydrogen (secondary N) is 1. The SMILES string of the molecule is C=C(C)C(=O)Nc1ccc(CS(=O)(=O)c2ccccc2)cc1. The highest BCUT2D eigenvalue weighted by Crippen LogP contribution is 2.18. The average Bonchev–Trinajstić information content (AvgIpc) is 2.50. The van der Waals surface area contributed by atoms with Gasteiger partial charge in [0.05, 0.1) is 10.6 Å². The molecule has 0 aromatic heterocycles. The Labute approximate surface area is 130 Å². The molecule has 0 saturated heterocycles. The maximum Gasteiger partial charge on any atom is 0.250 e. The zero-order valence-corrected chi connectivity index (χ0v) is 13.1. The monoisotopic (exact) mass is 315 g/mol. The summed E-state index contributed by atoms with van der Waals surface area (Å²) < 4.78 is 24.5. The fourth-order valence-electron chi connectivity index (χ4n) is 1.85. The van der Waals surface area contributed by atoms with E-state index >= 15 is 0 Å². The Balaban J connectivity index is 2.12. The van der Waals surface area contributed by atoms with Gasteiger partial charge in [-0.2, -0.15) is 0 Å². The Bertz CT molecular complexity index is 778. The van der Waals surface area contributed by atoms with Crippen molar-refractivity contribution in [1.29, 1.82) is 0 Å². The number of sulfone groups is 1. The van der Waals surface area contributed by atoms with Gasteiger partial charge in [-0.15, -0.1) is 0 Å². The summed E-state index contributed by atoms with van der Waals surface area (Å²) >= 11 is 0. The highest BCUT2D eigenvalue weighted by Gasteiger charge is 2.14. The summed E-state index contributed by atoms with van der Waals surface area (Å²) in [5.74, 6) is -0.337. The van der Waals surface area contributed by atoms with Gasteiger partial charge in [-0.1, -0.05) is 36.9 Å². The predicted molar refractivity (Wildman–Crippen MR) is 87.2 cm³/mol. The number of carbonyl (C=O) groups is 1. The molecule has 0 spiro atoms. The normalized spacial score (nSPS) is 11.0. The van der Waals surface area contributed by atoms with E-state index in [2.05, 4.69) is 11.9 Å². The average molecular weight is 315 g/mol. The molecule has 0 aliphatic rings. The van der Waals surface area contributed by atoms with E-state index in [1.165, 1.54) is 0 Å². The van der Waals surface area contributed by atoms with Gasteiger partial charge in [-0.05, 0) is 36.8 Å². The van der Waals surface area contributed by atoms with Crippen LogP contribution in [-0.4, -0.2) is 14.3 Å². The van der Waals surface area contributed by atoms with Gasteiger partial charge in [0.2, 0.25) is 0 Å². The lowest BCUT2D eigenvalue weighted by Gasteiger charge is -2.07. The quantitative estimate of drug-likeness (QED) is 0.862. The largest absolute Gasteiger partial charge is 0.322 e. The lowest BCUT2D eigenvalue weighted by atomic mass is 10.2. The Hall–Kier alpha value is -2.40.